The van der Waals surface area contributed by atoms with Gasteiger partial charge in [0.2, 0.25) is 0 Å². The van der Waals surface area contributed by atoms with Gasteiger partial charge in [-0.2, -0.15) is 0 Å². The van der Waals surface area contributed by atoms with Crippen molar-refractivity contribution < 1.29 is 18.3 Å². The van der Waals surface area contributed by atoms with Gasteiger partial charge < -0.3 is 10.1 Å². The molecule has 1 amide bonds. The van der Waals surface area contributed by atoms with Gasteiger partial charge in [0, 0.05) is 31.0 Å². The van der Waals surface area contributed by atoms with Gasteiger partial charge in [-0.25, -0.2) is 13.8 Å². The van der Waals surface area contributed by atoms with E-state index >= 15 is 0 Å². The van der Waals surface area contributed by atoms with Crippen molar-refractivity contribution in [3.05, 3.63) is 59.2 Å². The summed E-state index contributed by atoms with van der Waals surface area (Å²) in [6.07, 6.45) is 3.64. The first-order chi connectivity index (χ1) is 11.5. The van der Waals surface area contributed by atoms with E-state index in [1.807, 2.05) is 0 Å². The van der Waals surface area contributed by atoms with Crippen molar-refractivity contribution in [2.24, 2.45) is 0 Å². The molecule has 0 radical (unpaired) electrons. The number of benzene rings is 1. The Balaban J connectivity index is 1.94. The maximum Gasteiger partial charge on any atom is 0.272 e. The molecule has 3 rings (SSSR count). The molecule has 0 atom stereocenters. The molecule has 2 heterocycles. The van der Waals surface area contributed by atoms with Crippen molar-refractivity contribution in [2.75, 3.05) is 13.2 Å². The number of ether oxygens (including phenoxy) is 1. The van der Waals surface area contributed by atoms with Crippen molar-refractivity contribution in [2.45, 2.75) is 25.3 Å². The SMILES string of the molecule is Cc1cnc(C(=O)NC2(c3ccc(F)cc3F)CCOCC2)cn1. The second-order valence-corrected chi connectivity index (χ2v) is 5.82. The number of nitrogens with one attached hydrogen (secondary N) is 1. The van der Waals surface area contributed by atoms with Gasteiger partial charge in [0.15, 0.2) is 0 Å². The van der Waals surface area contributed by atoms with E-state index in [9.17, 15) is 13.6 Å². The number of amides is 1. The zero-order chi connectivity index (χ0) is 17.2. The van der Waals surface area contributed by atoms with Gasteiger partial charge in [-0.1, -0.05) is 6.07 Å². The Kier molecular flexibility index (Phi) is 4.53. The van der Waals surface area contributed by atoms with E-state index in [2.05, 4.69) is 15.3 Å². The molecule has 1 fully saturated rings. The second kappa shape index (κ2) is 6.60. The minimum Gasteiger partial charge on any atom is -0.381 e. The van der Waals surface area contributed by atoms with E-state index in [1.165, 1.54) is 24.5 Å². The van der Waals surface area contributed by atoms with E-state index in [0.717, 1.165) is 6.07 Å². The summed E-state index contributed by atoms with van der Waals surface area (Å²) in [4.78, 5) is 20.6. The summed E-state index contributed by atoms with van der Waals surface area (Å²) in [5.74, 6) is -1.80. The van der Waals surface area contributed by atoms with Crippen LogP contribution in [0.5, 0.6) is 0 Å². The molecule has 1 aromatic carbocycles. The molecular weight excluding hydrogens is 316 g/mol. The van der Waals surface area contributed by atoms with Gasteiger partial charge in [-0.05, 0) is 25.8 Å². The molecule has 126 valence electrons. The molecule has 1 saturated heterocycles. The average molecular weight is 333 g/mol. The van der Waals surface area contributed by atoms with E-state index in [0.29, 0.717) is 31.7 Å². The Labute approximate surface area is 138 Å². The van der Waals surface area contributed by atoms with Gasteiger partial charge >= 0.3 is 0 Å². The summed E-state index contributed by atoms with van der Waals surface area (Å²) < 4.78 is 32.9. The highest BCUT2D eigenvalue weighted by Crippen LogP contribution is 2.34. The summed E-state index contributed by atoms with van der Waals surface area (Å²) >= 11 is 0. The Bertz CT molecular complexity index is 744. The highest BCUT2D eigenvalue weighted by Gasteiger charge is 2.38. The molecule has 1 aliphatic heterocycles. The van der Waals surface area contributed by atoms with E-state index in [4.69, 9.17) is 4.74 Å². The highest BCUT2D eigenvalue weighted by molar-refractivity contribution is 5.92. The van der Waals surface area contributed by atoms with Crippen LogP contribution in [-0.2, 0) is 10.3 Å². The molecule has 1 aromatic heterocycles. The number of halogens is 2. The third-order valence-corrected chi connectivity index (χ3v) is 4.16. The lowest BCUT2D eigenvalue weighted by atomic mass is 9.82. The molecule has 0 aliphatic carbocycles. The second-order valence-electron chi connectivity index (χ2n) is 5.82. The Hall–Kier alpha value is -2.41. The molecule has 5 nitrogen and oxygen atoms in total. The minimum absolute atomic E-state index is 0.147. The number of aryl methyl sites for hydroxylation is 1. The van der Waals surface area contributed by atoms with E-state index in [-0.39, 0.29) is 11.3 Å². The lowest BCUT2D eigenvalue weighted by Gasteiger charge is -2.38. The normalized spacial score (nSPS) is 16.6. The molecule has 0 saturated carbocycles. The van der Waals surface area contributed by atoms with Crippen LogP contribution in [0.15, 0.2) is 30.6 Å². The molecule has 24 heavy (non-hydrogen) atoms. The van der Waals surface area contributed by atoms with Crippen LogP contribution in [0.25, 0.3) is 0 Å². The summed E-state index contributed by atoms with van der Waals surface area (Å²) in [6.45, 7) is 2.51. The summed E-state index contributed by atoms with van der Waals surface area (Å²) in [6, 6.07) is 3.38. The predicted octanol–water partition coefficient (Wildman–Crippen LogP) is 2.50. The smallest absolute Gasteiger partial charge is 0.272 e. The molecule has 0 unspecified atom stereocenters. The van der Waals surface area contributed by atoms with Crippen molar-refractivity contribution in [1.29, 1.82) is 0 Å². The van der Waals surface area contributed by atoms with Gasteiger partial charge in [-0.3, -0.25) is 9.78 Å². The molecule has 7 heteroatoms. The van der Waals surface area contributed by atoms with Crippen LogP contribution >= 0.6 is 0 Å². The lowest BCUT2D eigenvalue weighted by Crippen LogP contribution is -2.50. The zero-order valence-corrected chi connectivity index (χ0v) is 13.2. The number of hydrogen-bond donors (Lipinski definition) is 1. The molecule has 0 spiro atoms. The van der Waals surface area contributed by atoms with Crippen molar-refractivity contribution in [3.63, 3.8) is 0 Å². The fourth-order valence-electron chi connectivity index (χ4n) is 2.85. The first-order valence-electron chi connectivity index (χ1n) is 7.65. The van der Waals surface area contributed by atoms with Gasteiger partial charge in [0.25, 0.3) is 5.91 Å². The van der Waals surface area contributed by atoms with Crippen LogP contribution in [0.1, 0.15) is 34.6 Å². The quantitative estimate of drug-likeness (QED) is 0.937. The first kappa shape index (κ1) is 16.4. The largest absolute Gasteiger partial charge is 0.381 e. The third kappa shape index (κ3) is 3.26. The Morgan fingerprint density at radius 3 is 2.58 bits per heavy atom. The predicted molar refractivity (Wildman–Crippen MR) is 82.3 cm³/mol. The van der Waals surface area contributed by atoms with Gasteiger partial charge in [0.1, 0.15) is 17.3 Å². The van der Waals surface area contributed by atoms with Crippen LogP contribution in [0.4, 0.5) is 8.78 Å². The number of rotatable bonds is 3. The first-order valence-corrected chi connectivity index (χ1v) is 7.65. The van der Waals surface area contributed by atoms with Crippen LogP contribution in [0.2, 0.25) is 0 Å². The number of aromatic nitrogens is 2. The van der Waals surface area contributed by atoms with Gasteiger partial charge in [-0.15, -0.1) is 0 Å². The van der Waals surface area contributed by atoms with Crippen molar-refractivity contribution in [3.8, 4) is 0 Å². The number of carbonyl (C=O) groups excluding carboxylic acids is 1. The van der Waals surface area contributed by atoms with Crippen molar-refractivity contribution >= 4 is 5.91 Å². The number of hydrogen-bond acceptors (Lipinski definition) is 4. The maximum atomic E-state index is 14.3. The van der Waals surface area contributed by atoms with E-state index < -0.39 is 23.1 Å². The van der Waals surface area contributed by atoms with E-state index in [1.54, 1.807) is 6.92 Å². The lowest BCUT2D eigenvalue weighted by molar-refractivity contribution is 0.0331. The number of carbonyl (C=O) groups is 1. The summed E-state index contributed by atoms with van der Waals surface area (Å²) in [5, 5.41) is 2.86. The maximum absolute atomic E-state index is 14.3. The third-order valence-electron chi connectivity index (χ3n) is 4.16. The standard InChI is InChI=1S/C17H17F2N3O2/c1-11-9-21-15(10-20-11)16(23)22-17(4-6-24-7-5-17)13-3-2-12(18)8-14(13)19/h2-3,8-10H,4-7H2,1H3,(H,22,23). The van der Waals surface area contributed by atoms with Gasteiger partial charge in [0.05, 0.1) is 17.4 Å². The molecule has 2 aromatic rings. The van der Waals surface area contributed by atoms with Crippen molar-refractivity contribution in [1.82, 2.24) is 15.3 Å². The topological polar surface area (TPSA) is 64.1 Å². The Morgan fingerprint density at radius 1 is 1.21 bits per heavy atom. The summed E-state index contributed by atoms with van der Waals surface area (Å²) in [7, 11) is 0. The molecule has 1 N–H and O–H groups in total. The van der Waals surface area contributed by atoms with Crippen LogP contribution in [-0.4, -0.2) is 29.1 Å². The summed E-state index contributed by atoms with van der Waals surface area (Å²) in [5.41, 5.74) is 0.131. The minimum atomic E-state index is -0.959. The number of nitrogens with zero attached hydrogens (tertiary/aromatic N) is 2. The monoisotopic (exact) mass is 333 g/mol. The molecule has 1 aliphatic rings. The zero-order valence-electron chi connectivity index (χ0n) is 13.2. The van der Waals surface area contributed by atoms with Crippen LogP contribution in [0, 0.1) is 18.6 Å². The van der Waals surface area contributed by atoms with Crippen LogP contribution < -0.4 is 5.32 Å². The van der Waals surface area contributed by atoms with Crippen LogP contribution in [0.3, 0.4) is 0 Å². The molecular formula is C17H17F2N3O2. The highest BCUT2D eigenvalue weighted by atomic mass is 19.1. The molecule has 0 bridgehead atoms. The Morgan fingerprint density at radius 2 is 1.96 bits per heavy atom. The fourth-order valence-corrected chi connectivity index (χ4v) is 2.85. The fraction of sp³-hybridized carbons (Fsp3) is 0.353. The average Bonchev–Trinajstić information content (AvgIpc) is 2.56.